The van der Waals surface area contributed by atoms with E-state index in [0.717, 1.165) is 23.9 Å². The third-order valence-corrected chi connectivity index (χ3v) is 4.95. The van der Waals surface area contributed by atoms with Crippen LogP contribution in [-0.2, 0) is 4.79 Å². The fourth-order valence-electron chi connectivity index (χ4n) is 3.27. The number of aliphatic carboxylic acids is 1. The molecule has 26 heavy (non-hydrogen) atoms. The van der Waals surface area contributed by atoms with E-state index in [1.807, 2.05) is 24.3 Å². The molecule has 1 aliphatic rings. The van der Waals surface area contributed by atoms with Gasteiger partial charge in [-0.15, -0.1) is 5.10 Å². The van der Waals surface area contributed by atoms with Crippen molar-refractivity contribution in [2.75, 3.05) is 5.32 Å². The number of rotatable bonds is 4. The molecule has 134 valence electrons. The number of aromatic nitrogens is 5. The summed E-state index contributed by atoms with van der Waals surface area (Å²) < 4.78 is 1.59. The van der Waals surface area contributed by atoms with Gasteiger partial charge in [-0.1, -0.05) is 28.9 Å². The molecule has 9 heteroatoms. The number of carboxylic acid groups (broad SMARTS) is 1. The molecule has 8 nitrogen and oxygen atoms in total. The summed E-state index contributed by atoms with van der Waals surface area (Å²) in [5, 5.41) is 21.0. The molecule has 0 bridgehead atoms. The van der Waals surface area contributed by atoms with E-state index in [2.05, 4.69) is 25.6 Å². The van der Waals surface area contributed by atoms with Crippen molar-refractivity contribution >= 4 is 34.6 Å². The number of carbonyl (C=O) groups is 1. The molecule has 0 atom stereocenters. The zero-order valence-corrected chi connectivity index (χ0v) is 14.6. The van der Waals surface area contributed by atoms with Gasteiger partial charge in [0.1, 0.15) is 10.5 Å². The van der Waals surface area contributed by atoms with Crippen molar-refractivity contribution in [3.05, 3.63) is 35.5 Å². The first-order chi connectivity index (χ1) is 12.6. The van der Waals surface area contributed by atoms with E-state index in [9.17, 15) is 4.79 Å². The summed E-state index contributed by atoms with van der Waals surface area (Å²) in [7, 11) is 0. The first kappa shape index (κ1) is 16.7. The molecule has 3 aromatic rings. The third kappa shape index (κ3) is 3.20. The van der Waals surface area contributed by atoms with Crippen molar-refractivity contribution in [3.8, 4) is 5.82 Å². The highest BCUT2D eigenvalue weighted by atomic mass is 35.5. The van der Waals surface area contributed by atoms with Gasteiger partial charge in [-0.05, 0) is 37.8 Å². The highest BCUT2D eigenvalue weighted by molar-refractivity contribution is 6.32. The van der Waals surface area contributed by atoms with Crippen LogP contribution in [0.25, 0.3) is 16.9 Å². The molecule has 0 aliphatic heterocycles. The maximum Gasteiger partial charge on any atom is 0.306 e. The summed E-state index contributed by atoms with van der Waals surface area (Å²) in [6.07, 6.45) is 4.38. The Hall–Kier alpha value is -2.74. The maximum absolute atomic E-state index is 11.1. The summed E-state index contributed by atoms with van der Waals surface area (Å²) >= 11 is 6.28. The molecule has 0 radical (unpaired) electrons. The lowest BCUT2D eigenvalue weighted by atomic mass is 9.86. The number of para-hydroxylation sites is 1. The molecule has 1 aromatic carbocycles. The van der Waals surface area contributed by atoms with Crippen molar-refractivity contribution in [3.63, 3.8) is 0 Å². The monoisotopic (exact) mass is 372 g/mol. The lowest BCUT2D eigenvalue weighted by Gasteiger charge is -2.26. The van der Waals surface area contributed by atoms with Crippen LogP contribution < -0.4 is 5.32 Å². The quantitative estimate of drug-likeness (QED) is 0.725. The number of benzene rings is 1. The number of carboxylic acids is 1. The predicted octanol–water partition coefficient (Wildman–Crippen LogP) is 2.92. The van der Waals surface area contributed by atoms with Gasteiger partial charge in [0.2, 0.25) is 5.95 Å². The Bertz CT molecular complexity index is 951. The minimum Gasteiger partial charge on any atom is -0.481 e. The topological polar surface area (TPSA) is 106 Å². The Balaban J connectivity index is 1.56. The predicted molar refractivity (Wildman–Crippen MR) is 96.5 cm³/mol. The van der Waals surface area contributed by atoms with E-state index in [1.54, 1.807) is 4.68 Å². The first-order valence-corrected chi connectivity index (χ1v) is 8.82. The highest BCUT2D eigenvalue weighted by Crippen LogP contribution is 2.27. The largest absolute Gasteiger partial charge is 0.481 e. The standard InChI is InChI=1S/C17H17ClN6O2/c18-12-9-19-17(20-11-7-5-10(6-8-11)16(25)26)21-15(12)24-14-4-2-1-3-13(14)22-23-24/h1-4,9-11H,5-8H2,(H,25,26)(H,19,20,21)/t10-,11-. The average molecular weight is 373 g/mol. The molecule has 2 aromatic heterocycles. The van der Waals surface area contributed by atoms with Crippen molar-refractivity contribution in [1.29, 1.82) is 0 Å². The summed E-state index contributed by atoms with van der Waals surface area (Å²) in [6, 6.07) is 7.70. The van der Waals surface area contributed by atoms with E-state index in [-0.39, 0.29) is 12.0 Å². The molecular weight excluding hydrogens is 356 g/mol. The Morgan fingerprint density at radius 2 is 2.00 bits per heavy atom. The summed E-state index contributed by atoms with van der Waals surface area (Å²) in [6.45, 7) is 0. The fourth-order valence-corrected chi connectivity index (χ4v) is 3.44. The molecule has 0 unspecified atom stereocenters. The molecule has 0 saturated heterocycles. The SMILES string of the molecule is O=C(O)[C@H]1CC[C@H](Nc2ncc(Cl)c(-n3nnc4ccccc43)n2)CC1. The third-order valence-electron chi connectivity index (χ3n) is 4.69. The second-order valence-corrected chi connectivity index (χ2v) is 6.79. The minimum atomic E-state index is -0.716. The summed E-state index contributed by atoms with van der Waals surface area (Å²) in [4.78, 5) is 19.8. The smallest absolute Gasteiger partial charge is 0.306 e. The number of anilines is 1. The van der Waals surface area contributed by atoms with Gasteiger partial charge in [0.25, 0.3) is 0 Å². The second kappa shape index (κ2) is 6.87. The van der Waals surface area contributed by atoms with Gasteiger partial charge >= 0.3 is 5.97 Å². The van der Waals surface area contributed by atoms with Crippen LogP contribution in [0, 0.1) is 5.92 Å². The van der Waals surface area contributed by atoms with Crippen molar-refractivity contribution in [2.24, 2.45) is 5.92 Å². The summed E-state index contributed by atoms with van der Waals surface area (Å²) in [5.74, 6) is -0.0670. The molecular formula is C17H17ClN6O2. The zero-order valence-electron chi connectivity index (χ0n) is 13.8. The van der Waals surface area contributed by atoms with E-state index in [1.165, 1.54) is 6.20 Å². The normalized spacial score (nSPS) is 20.2. The van der Waals surface area contributed by atoms with Crippen LogP contribution in [-0.4, -0.2) is 42.1 Å². The molecule has 0 spiro atoms. The van der Waals surface area contributed by atoms with Crippen LogP contribution >= 0.6 is 11.6 Å². The molecule has 0 amide bonds. The molecule has 2 N–H and O–H groups in total. The van der Waals surface area contributed by atoms with Crippen LogP contribution in [0.2, 0.25) is 5.02 Å². The molecule has 1 aliphatic carbocycles. The fraction of sp³-hybridized carbons (Fsp3) is 0.353. The Labute approximate surface area is 154 Å². The van der Waals surface area contributed by atoms with Gasteiger partial charge in [0.05, 0.1) is 17.6 Å². The number of nitrogens with zero attached hydrogens (tertiary/aromatic N) is 5. The van der Waals surface area contributed by atoms with Gasteiger partial charge in [-0.2, -0.15) is 9.67 Å². The second-order valence-electron chi connectivity index (χ2n) is 6.39. The van der Waals surface area contributed by atoms with E-state index >= 15 is 0 Å². The highest BCUT2D eigenvalue weighted by Gasteiger charge is 2.26. The van der Waals surface area contributed by atoms with Crippen LogP contribution in [0.4, 0.5) is 5.95 Å². The Morgan fingerprint density at radius 1 is 1.23 bits per heavy atom. The van der Waals surface area contributed by atoms with Gasteiger partial charge in [-0.3, -0.25) is 4.79 Å². The van der Waals surface area contributed by atoms with E-state index in [4.69, 9.17) is 16.7 Å². The summed E-state index contributed by atoms with van der Waals surface area (Å²) in [5.41, 5.74) is 1.56. The van der Waals surface area contributed by atoms with Gasteiger partial charge in [-0.25, -0.2) is 4.98 Å². The number of nitrogens with one attached hydrogen (secondary N) is 1. The molecule has 2 heterocycles. The maximum atomic E-state index is 11.1. The van der Waals surface area contributed by atoms with Crippen molar-refractivity contribution in [1.82, 2.24) is 25.0 Å². The average Bonchev–Trinajstić information content (AvgIpc) is 3.08. The van der Waals surface area contributed by atoms with Crippen molar-refractivity contribution < 1.29 is 9.90 Å². The number of halogens is 1. The van der Waals surface area contributed by atoms with E-state index < -0.39 is 5.97 Å². The molecule has 1 fully saturated rings. The van der Waals surface area contributed by atoms with Crippen molar-refractivity contribution in [2.45, 2.75) is 31.7 Å². The van der Waals surface area contributed by atoms with Crippen LogP contribution in [0.3, 0.4) is 0 Å². The minimum absolute atomic E-state index is 0.145. The van der Waals surface area contributed by atoms with Gasteiger partial charge in [0, 0.05) is 6.04 Å². The lowest BCUT2D eigenvalue weighted by molar-refractivity contribution is -0.142. The van der Waals surface area contributed by atoms with Gasteiger partial charge < -0.3 is 10.4 Å². The first-order valence-electron chi connectivity index (χ1n) is 8.44. The lowest BCUT2D eigenvalue weighted by Crippen LogP contribution is -2.30. The number of hydrogen-bond donors (Lipinski definition) is 2. The zero-order chi connectivity index (χ0) is 18.1. The van der Waals surface area contributed by atoms with Gasteiger partial charge in [0.15, 0.2) is 5.82 Å². The molecule has 4 rings (SSSR count). The Morgan fingerprint density at radius 3 is 2.77 bits per heavy atom. The Kier molecular flexibility index (Phi) is 4.42. The number of fused-ring (bicyclic) bond motifs is 1. The van der Waals surface area contributed by atoms with Crippen LogP contribution in [0.1, 0.15) is 25.7 Å². The van der Waals surface area contributed by atoms with Crippen LogP contribution in [0.5, 0.6) is 0 Å². The number of hydrogen-bond acceptors (Lipinski definition) is 6. The van der Waals surface area contributed by atoms with Crippen LogP contribution in [0.15, 0.2) is 30.5 Å². The molecule has 1 saturated carbocycles. The van der Waals surface area contributed by atoms with E-state index in [0.29, 0.717) is 29.6 Å².